The SMILES string of the molecule is CCCC(CNC1CC1)c1cccc(Br)c1. The fourth-order valence-electron chi connectivity index (χ4n) is 2.09. The Morgan fingerprint density at radius 2 is 2.25 bits per heavy atom. The highest BCUT2D eigenvalue weighted by molar-refractivity contribution is 9.10. The number of benzene rings is 1. The van der Waals surface area contributed by atoms with Crippen molar-refractivity contribution in [3.8, 4) is 0 Å². The molecule has 1 aliphatic rings. The lowest BCUT2D eigenvalue weighted by atomic mass is 9.94. The molecule has 2 rings (SSSR count). The fraction of sp³-hybridized carbons (Fsp3) is 0.571. The molecule has 1 fully saturated rings. The molecular weight excluding hydrogens is 262 g/mol. The summed E-state index contributed by atoms with van der Waals surface area (Å²) in [5.41, 5.74) is 1.46. The van der Waals surface area contributed by atoms with Gasteiger partial charge in [0.15, 0.2) is 0 Å². The number of halogens is 1. The van der Waals surface area contributed by atoms with Crippen LogP contribution in [0.3, 0.4) is 0 Å². The largest absolute Gasteiger partial charge is 0.313 e. The van der Waals surface area contributed by atoms with Crippen molar-refractivity contribution < 1.29 is 0 Å². The van der Waals surface area contributed by atoms with E-state index in [0.717, 1.165) is 12.6 Å². The van der Waals surface area contributed by atoms with E-state index in [9.17, 15) is 0 Å². The minimum atomic E-state index is 0.670. The molecular formula is C14H20BrN. The van der Waals surface area contributed by atoms with Crippen LogP contribution in [-0.2, 0) is 0 Å². The summed E-state index contributed by atoms with van der Waals surface area (Å²) in [4.78, 5) is 0. The summed E-state index contributed by atoms with van der Waals surface area (Å²) in [6, 6.07) is 9.56. The van der Waals surface area contributed by atoms with Crippen molar-refractivity contribution in [3.05, 3.63) is 34.3 Å². The van der Waals surface area contributed by atoms with Gasteiger partial charge in [-0.1, -0.05) is 41.4 Å². The lowest BCUT2D eigenvalue weighted by Crippen LogP contribution is -2.23. The first-order valence-corrected chi connectivity index (χ1v) is 7.07. The number of nitrogens with one attached hydrogen (secondary N) is 1. The van der Waals surface area contributed by atoms with E-state index >= 15 is 0 Å². The normalized spacial score (nSPS) is 17.4. The first-order chi connectivity index (χ1) is 7.79. The molecule has 1 N–H and O–H groups in total. The van der Waals surface area contributed by atoms with Gasteiger partial charge in [0, 0.05) is 17.1 Å². The van der Waals surface area contributed by atoms with Gasteiger partial charge in [-0.25, -0.2) is 0 Å². The molecule has 1 aromatic rings. The molecule has 16 heavy (non-hydrogen) atoms. The minimum absolute atomic E-state index is 0.670. The first kappa shape index (κ1) is 12.1. The Hall–Kier alpha value is -0.340. The van der Waals surface area contributed by atoms with Crippen LogP contribution in [0.1, 0.15) is 44.1 Å². The van der Waals surface area contributed by atoms with Gasteiger partial charge in [-0.15, -0.1) is 0 Å². The summed E-state index contributed by atoms with van der Waals surface area (Å²) >= 11 is 3.55. The van der Waals surface area contributed by atoms with E-state index in [4.69, 9.17) is 0 Å². The molecule has 2 heteroatoms. The summed E-state index contributed by atoms with van der Waals surface area (Å²) in [5, 5.41) is 3.64. The van der Waals surface area contributed by atoms with E-state index in [2.05, 4.69) is 52.4 Å². The Morgan fingerprint density at radius 1 is 1.44 bits per heavy atom. The zero-order valence-electron chi connectivity index (χ0n) is 9.88. The van der Waals surface area contributed by atoms with Crippen LogP contribution in [0.25, 0.3) is 0 Å². The number of hydrogen-bond acceptors (Lipinski definition) is 1. The Labute approximate surface area is 107 Å². The molecule has 0 aliphatic heterocycles. The van der Waals surface area contributed by atoms with Crippen molar-refractivity contribution in [1.82, 2.24) is 5.32 Å². The predicted octanol–water partition coefficient (Wildman–Crippen LogP) is 4.08. The van der Waals surface area contributed by atoms with E-state index in [1.54, 1.807) is 0 Å². The molecule has 0 heterocycles. The maximum atomic E-state index is 3.64. The molecule has 0 radical (unpaired) electrons. The molecule has 0 saturated heterocycles. The van der Waals surface area contributed by atoms with Gasteiger partial charge < -0.3 is 5.32 Å². The van der Waals surface area contributed by atoms with Crippen molar-refractivity contribution in [2.45, 2.75) is 44.6 Å². The number of rotatable bonds is 6. The van der Waals surface area contributed by atoms with Crippen molar-refractivity contribution in [2.75, 3.05) is 6.54 Å². The van der Waals surface area contributed by atoms with Crippen LogP contribution in [0.5, 0.6) is 0 Å². The van der Waals surface area contributed by atoms with E-state index in [1.165, 1.54) is 35.7 Å². The Kier molecular flexibility index (Phi) is 4.42. The van der Waals surface area contributed by atoms with Crippen molar-refractivity contribution in [1.29, 1.82) is 0 Å². The van der Waals surface area contributed by atoms with Crippen LogP contribution in [0.4, 0.5) is 0 Å². The van der Waals surface area contributed by atoms with Crippen LogP contribution in [0.2, 0.25) is 0 Å². The second kappa shape index (κ2) is 5.83. The quantitative estimate of drug-likeness (QED) is 0.828. The Morgan fingerprint density at radius 3 is 2.88 bits per heavy atom. The van der Waals surface area contributed by atoms with Gasteiger partial charge in [0.05, 0.1) is 0 Å². The third-order valence-electron chi connectivity index (χ3n) is 3.19. The monoisotopic (exact) mass is 281 g/mol. The second-order valence-corrected chi connectivity index (χ2v) is 5.64. The summed E-state index contributed by atoms with van der Waals surface area (Å²) in [6.45, 7) is 3.40. The summed E-state index contributed by atoms with van der Waals surface area (Å²) in [5.74, 6) is 0.670. The van der Waals surface area contributed by atoms with Crippen LogP contribution in [0, 0.1) is 0 Å². The smallest absolute Gasteiger partial charge is 0.0178 e. The Bertz CT molecular complexity index is 333. The fourth-order valence-corrected chi connectivity index (χ4v) is 2.51. The highest BCUT2D eigenvalue weighted by Gasteiger charge is 2.22. The molecule has 0 bridgehead atoms. The molecule has 88 valence electrons. The average molecular weight is 282 g/mol. The first-order valence-electron chi connectivity index (χ1n) is 6.28. The molecule has 1 atom stereocenters. The van der Waals surface area contributed by atoms with Crippen molar-refractivity contribution in [2.24, 2.45) is 0 Å². The van der Waals surface area contributed by atoms with Gasteiger partial charge in [0.25, 0.3) is 0 Å². The number of hydrogen-bond donors (Lipinski definition) is 1. The van der Waals surface area contributed by atoms with E-state index < -0.39 is 0 Å². The standard InChI is InChI=1S/C14H20BrN/c1-2-4-12(10-16-14-7-8-14)11-5-3-6-13(15)9-11/h3,5-6,9,12,14,16H,2,4,7-8,10H2,1H3. The maximum Gasteiger partial charge on any atom is 0.0178 e. The van der Waals surface area contributed by atoms with Gasteiger partial charge in [0.2, 0.25) is 0 Å². The lowest BCUT2D eigenvalue weighted by molar-refractivity contribution is 0.542. The molecule has 0 amide bonds. The van der Waals surface area contributed by atoms with E-state index in [1.807, 2.05) is 0 Å². The van der Waals surface area contributed by atoms with Gasteiger partial charge in [-0.05, 0) is 42.9 Å². The zero-order chi connectivity index (χ0) is 11.4. The molecule has 1 aliphatic carbocycles. The topological polar surface area (TPSA) is 12.0 Å². The molecule has 1 nitrogen and oxygen atoms in total. The minimum Gasteiger partial charge on any atom is -0.313 e. The third-order valence-corrected chi connectivity index (χ3v) is 3.68. The lowest BCUT2D eigenvalue weighted by Gasteiger charge is -2.17. The van der Waals surface area contributed by atoms with Gasteiger partial charge in [-0.3, -0.25) is 0 Å². The molecule has 0 aromatic heterocycles. The van der Waals surface area contributed by atoms with Crippen LogP contribution < -0.4 is 5.32 Å². The second-order valence-electron chi connectivity index (χ2n) is 4.72. The van der Waals surface area contributed by atoms with E-state index in [0.29, 0.717) is 5.92 Å². The predicted molar refractivity (Wildman–Crippen MR) is 72.8 cm³/mol. The maximum absolute atomic E-state index is 3.64. The van der Waals surface area contributed by atoms with Gasteiger partial charge in [0.1, 0.15) is 0 Å². The summed E-state index contributed by atoms with van der Waals surface area (Å²) < 4.78 is 1.19. The van der Waals surface area contributed by atoms with Crippen molar-refractivity contribution >= 4 is 15.9 Å². The molecule has 1 saturated carbocycles. The Balaban J connectivity index is 1.98. The molecule has 1 unspecified atom stereocenters. The van der Waals surface area contributed by atoms with E-state index in [-0.39, 0.29) is 0 Å². The van der Waals surface area contributed by atoms with Crippen LogP contribution >= 0.6 is 15.9 Å². The molecule has 1 aromatic carbocycles. The van der Waals surface area contributed by atoms with Gasteiger partial charge >= 0.3 is 0 Å². The average Bonchev–Trinajstić information content (AvgIpc) is 3.08. The third kappa shape index (κ3) is 3.60. The van der Waals surface area contributed by atoms with Crippen LogP contribution in [-0.4, -0.2) is 12.6 Å². The van der Waals surface area contributed by atoms with Crippen LogP contribution in [0.15, 0.2) is 28.7 Å². The van der Waals surface area contributed by atoms with Gasteiger partial charge in [-0.2, -0.15) is 0 Å². The zero-order valence-corrected chi connectivity index (χ0v) is 11.5. The van der Waals surface area contributed by atoms with Crippen molar-refractivity contribution in [3.63, 3.8) is 0 Å². The highest BCUT2D eigenvalue weighted by Crippen LogP contribution is 2.25. The summed E-state index contributed by atoms with van der Waals surface area (Å²) in [6.07, 6.45) is 5.27. The molecule has 0 spiro atoms. The highest BCUT2D eigenvalue weighted by atomic mass is 79.9. The summed E-state index contributed by atoms with van der Waals surface area (Å²) in [7, 11) is 0.